The maximum atomic E-state index is 12.8. The lowest BCUT2D eigenvalue weighted by molar-refractivity contribution is -0.139. The van der Waals surface area contributed by atoms with E-state index >= 15 is 0 Å². The number of nitrogens with zero attached hydrogens (tertiary/aromatic N) is 4. The van der Waals surface area contributed by atoms with Gasteiger partial charge >= 0.3 is 6.18 Å². The number of hydrogen-bond donors (Lipinski definition) is 0. The van der Waals surface area contributed by atoms with Crippen molar-refractivity contribution in [1.82, 2.24) is 9.88 Å². The first-order valence-electron chi connectivity index (χ1n) is 8.85. The van der Waals surface area contributed by atoms with Crippen LogP contribution in [-0.2, 0) is 11.0 Å². The summed E-state index contributed by atoms with van der Waals surface area (Å²) in [7, 11) is 0. The Morgan fingerprint density at radius 1 is 1.12 bits per heavy atom. The van der Waals surface area contributed by atoms with E-state index in [1.54, 1.807) is 4.90 Å². The highest BCUT2D eigenvalue weighted by Crippen LogP contribution is 2.39. The number of halogens is 3. The summed E-state index contributed by atoms with van der Waals surface area (Å²) in [6, 6.07) is 4.63. The first-order valence-corrected chi connectivity index (χ1v) is 8.85. The molecule has 1 saturated heterocycles. The summed E-state index contributed by atoms with van der Waals surface area (Å²) in [5.74, 6) is 0.378. The van der Waals surface area contributed by atoms with Crippen LogP contribution in [-0.4, -0.2) is 42.0 Å². The number of rotatable bonds is 2. The van der Waals surface area contributed by atoms with E-state index in [0.717, 1.165) is 25.1 Å². The van der Waals surface area contributed by atoms with Gasteiger partial charge in [0.05, 0.1) is 11.6 Å². The molecule has 8 heteroatoms. The van der Waals surface area contributed by atoms with E-state index in [4.69, 9.17) is 0 Å². The molecule has 1 aromatic heterocycles. The van der Waals surface area contributed by atoms with Gasteiger partial charge in [0.15, 0.2) is 0 Å². The smallest absolute Gasteiger partial charge is 0.355 e. The van der Waals surface area contributed by atoms with Crippen LogP contribution in [0.15, 0.2) is 18.3 Å². The third kappa shape index (κ3) is 3.62. The van der Waals surface area contributed by atoms with Crippen LogP contribution in [0.25, 0.3) is 0 Å². The largest absolute Gasteiger partial charge is 0.417 e. The van der Waals surface area contributed by atoms with E-state index in [2.05, 4.69) is 11.1 Å². The Bertz CT molecular complexity index is 690. The number of anilines is 1. The fourth-order valence-electron chi connectivity index (χ4n) is 3.75. The first-order chi connectivity index (χ1) is 12.4. The molecule has 2 heterocycles. The molecule has 140 valence electrons. The lowest BCUT2D eigenvalue weighted by Crippen LogP contribution is -2.43. The van der Waals surface area contributed by atoms with Gasteiger partial charge in [0.1, 0.15) is 11.2 Å². The Hall–Kier alpha value is -2.30. The maximum Gasteiger partial charge on any atom is 0.417 e. The molecule has 0 N–H and O–H groups in total. The maximum absolute atomic E-state index is 12.8. The SMILES string of the molecule is N#CC1(C(=O)N2CCCN(c3ccc(C(F)(F)F)cn3)CC2)CCCC1. The van der Waals surface area contributed by atoms with Crippen LogP contribution in [0.3, 0.4) is 0 Å². The molecule has 0 unspecified atom stereocenters. The Balaban J connectivity index is 1.67. The number of nitriles is 1. The molecular weight excluding hydrogens is 345 g/mol. The van der Waals surface area contributed by atoms with E-state index in [9.17, 15) is 23.2 Å². The number of alkyl halides is 3. The van der Waals surface area contributed by atoms with E-state index in [1.165, 1.54) is 6.07 Å². The molecule has 1 saturated carbocycles. The van der Waals surface area contributed by atoms with Crippen LogP contribution in [0.2, 0.25) is 0 Å². The average molecular weight is 366 g/mol. The van der Waals surface area contributed by atoms with Gasteiger partial charge < -0.3 is 9.80 Å². The van der Waals surface area contributed by atoms with Crippen LogP contribution >= 0.6 is 0 Å². The second kappa shape index (κ2) is 7.14. The third-order valence-corrected chi connectivity index (χ3v) is 5.26. The molecular formula is C18H21F3N4O. The van der Waals surface area contributed by atoms with Crippen molar-refractivity contribution in [1.29, 1.82) is 5.26 Å². The topological polar surface area (TPSA) is 60.2 Å². The molecule has 5 nitrogen and oxygen atoms in total. The fraction of sp³-hybridized carbons (Fsp3) is 0.611. The molecule has 2 fully saturated rings. The molecule has 0 spiro atoms. The summed E-state index contributed by atoms with van der Waals surface area (Å²) < 4.78 is 38.0. The fourth-order valence-corrected chi connectivity index (χ4v) is 3.75. The Morgan fingerprint density at radius 3 is 2.42 bits per heavy atom. The zero-order valence-electron chi connectivity index (χ0n) is 14.4. The van der Waals surface area contributed by atoms with Crippen molar-refractivity contribution in [3.63, 3.8) is 0 Å². The van der Waals surface area contributed by atoms with Crippen LogP contribution in [0.1, 0.15) is 37.7 Å². The Labute approximate surface area is 150 Å². The molecule has 1 amide bonds. The van der Waals surface area contributed by atoms with Gasteiger partial charge in [-0.2, -0.15) is 18.4 Å². The Morgan fingerprint density at radius 2 is 1.85 bits per heavy atom. The highest BCUT2D eigenvalue weighted by atomic mass is 19.4. The molecule has 26 heavy (non-hydrogen) atoms. The van der Waals surface area contributed by atoms with Gasteiger partial charge in [-0.15, -0.1) is 0 Å². The normalized spacial score (nSPS) is 20.5. The molecule has 1 aromatic rings. The van der Waals surface area contributed by atoms with Gasteiger partial charge in [0, 0.05) is 32.4 Å². The van der Waals surface area contributed by atoms with Crippen LogP contribution < -0.4 is 4.90 Å². The van der Waals surface area contributed by atoms with Crippen LogP contribution in [0.4, 0.5) is 19.0 Å². The number of pyridine rings is 1. The van der Waals surface area contributed by atoms with Crippen LogP contribution in [0, 0.1) is 16.7 Å². The summed E-state index contributed by atoms with van der Waals surface area (Å²) in [6.45, 7) is 2.11. The van der Waals surface area contributed by atoms with Gasteiger partial charge in [-0.05, 0) is 31.4 Å². The van der Waals surface area contributed by atoms with E-state index < -0.39 is 17.2 Å². The average Bonchev–Trinajstić information content (AvgIpc) is 2.99. The van der Waals surface area contributed by atoms with Crippen molar-refractivity contribution in [2.24, 2.45) is 5.41 Å². The molecule has 1 aliphatic carbocycles. The Kier molecular flexibility index (Phi) is 5.08. The number of carbonyl (C=O) groups is 1. The van der Waals surface area contributed by atoms with Crippen LogP contribution in [0.5, 0.6) is 0 Å². The van der Waals surface area contributed by atoms with Gasteiger partial charge in [0.2, 0.25) is 5.91 Å². The standard InChI is InChI=1S/C18H21F3N4O/c19-18(20,21)14-4-5-15(23-12-14)24-8-3-9-25(11-10-24)16(26)17(13-22)6-1-2-7-17/h4-5,12H,1-3,6-11H2. The number of hydrogen-bond acceptors (Lipinski definition) is 4. The van der Waals surface area contributed by atoms with Crippen molar-refractivity contribution in [3.8, 4) is 6.07 Å². The molecule has 0 aromatic carbocycles. The quantitative estimate of drug-likeness (QED) is 0.806. The molecule has 0 bridgehead atoms. The van der Waals surface area contributed by atoms with Gasteiger partial charge in [0.25, 0.3) is 0 Å². The van der Waals surface area contributed by atoms with Crippen molar-refractivity contribution >= 4 is 11.7 Å². The summed E-state index contributed by atoms with van der Waals surface area (Å²) in [6.07, 6.45) is 0.151. The number of amides is 1. The van der Waals surface area contributed by atoms with E-state index in [0.29, 0.717) is 51.3 Å². The number of carbonyl (C=O) groups excluding carboxylic acids is 1. The minimum atomic E-state index is -4.40. The van der Waals surface area contributed by atoms with Crippen molar-refractivity contribution in [2.45, 2.75) is 38.3 Å². The molecule has 3 rings (SSSR count). The third-order valence-electron chi connectivity index (χ3n) is 5.26. The molecule has 2 aliphatic rings. The summed E-state index contributed by atoms with van der Waals surface area (Å²) in [5, 5.41) is 9.50. The van der Waals surface area contributed by atoms with Crippen molar-refractivity contribution in [2.75, 3.05) is 31.1 Å². The minimum absolute atomic E-state index is 0.0975. The molecule has 1 aliphatic heterocycles. The zero-order chi connectivity index (χ0) is 18.8. The summed E-state index contributed by atoms with van der Waals surface area (Å²) in [4.78, 5) is 20.4. The monoisotopic (exact) mass is 366 g/mol. The first kappa shape index (κ1) is 18.5. The minimum Gasteiger partial charge on any atom is -0.355 e. The highest BCUT2D eigenvalue weighted by molar-refractivity contribution is 5.86. The summed E-state index contributed by atoms with van der Waals surface area (Å²) >= 11 is 0. The predicted octanol–water partition coefficient (Wildman–Crippen LogP) is 3.22. The molecule has 0 radical (unpaired) electrons. The zero-order valence-corrected chi connectivity index (χ0v) is 14.4. The highest BCUT2D eigenvalue weighted by Gasteiger charge is 2.44. The van der Waals surface area contributed by atoms with E-state index in [1.807, 2.05) is 4.90 Å². The predicted molar refractivity (Wildman–Crippen MR) is 89.2 cm³/mol. The second-order valence-electron chi connectivity index (χ2n) is 6.94. The van der Waals surface area contributed by atoms with Gasteiger partial charge in [-0.25, -0.2) is 4.98 Å². The van der Waals surface area contributed by atoms with Crippen molar-refractivity contribution in [3.05, 3.63) is 23.9 Å². The lowest BCUT2D eigenvalue weighted by atomic mass is 9.86. The molecule has 0 atom stereocenters. The van der Waals surface area contributed by atoms with Gasteiger partial charge in [-0.1, -0.05) is 12.8 Å². The van der Waals surface area contributed by atoms with Crippen molar-refractivity contribution < 1.29 is 18.0 Å². The summed E-state index contributed by atoms with van der Waals surface area (Å²) in [5.41, 5.74) is -1.66. The number of aromatic nitrogens is 1. The second-order valence-corrected chi connectivity index (χ2v) is 6.94. The van der Waals surface area contributed by atoms with E-state index in [-0.39, 0.29) is 5.91 Å². The lowest BCUT2D eigenvalue weighted by Gasteiger charge is -2.29. The van der Waals surface area contributed by atoms with Gasteiger partial charge in [-0.3, -0.25) is 4.79 Å².